The normalized spacial score (nSPS) is 23.3. The van der Waals surface area contributed by atoms with Gasteiger partial charge >= 0.3 is 0 Å². The van der Waals surface area contributed by atoms with Crippen LogP contribution in [0.25, 0.3) is 0 Å². The molecule has 0 bridgehead atoms. The van der Waals surface area contributed by atoms with Crippen molar-refractivity contribution >= 4 is 0 Å². The van der Waals surface area contributed by atoms with Crippen LogP contribution >= 0.6 is 0 Å². The van der Waals surface area contributed by atoms with E-state index in [9.17, 15) is 0 Å². The monoisotopic (exact) mass is 258 g/mol. The second-order valence-electron chi connectivity index (χ2n) is 5.13. The fourth-order valence-corrected chi connectivity index (χ4v) is 2.60. The third-order valence-electron chi connectivity index (χ3n) is 3.84. The van der Waals surface area contributed by atoms with E-state index in [0.29, 0.717) is 0 Å². The summed E-state index contributed by atoms with van der Waals surface area (Å²) in [5.41, 5.74) is 0. The highest BCUT2D eigenvalue weighted by Gasteiger charge is 2.34. The van der Waals surface area contributed by atoms with Crippen molar-refractivity contribution in [3.8, 4) is 0 Å². The maximum Gasteiger partial charge on any atom is 0.0589 e. The molecule has 0 aromatic heterocycles. The van der Waals surface area contributed by atoms with Gasteiger partial charge in [-0.2, -0.15) is 0 Å². The topological polar surface area (TPSA) is 33.7 Å². The van der Waals surface area contributed by atoms with Gasteiger partial charge in [0, 0.05) is 33.4 Å². The largest absolute Gasteiger partial charge is 0.383 e. The Hall–Kier alpha value is -0.160. The lowest BCUT2D eigenvalue weighted by atomic mass is 9.78. The van der Waals surface area contributed by atoms with E-state index in [4.69, 9.17) is 9.47 Å². The zero-order valence-electron chi connectivity index (χ0n) is 12.3. The molecule has 18 heavy (non-hydrogen) atoms. The van der Waals surface area contributed by atoms with Gasteiger partial charge in [-0.15, -0.1) is 0 Å². The zero-order chi connectivity index (χ0) is 13.2. The third-order valence-corrected chi connectivity index (χ3v) is 3.84. The molecule has 0 radical (unpaired) electrons. The SMILES string of the molecule is CCCNCC1CCC1N(CCOC)CCOC. The van der Waals surface area contributed by atoms with Crippen LogP contribution < -0.4 is 5.32 Å². The van der Waals surface area contributed by atoms with Crippen LogP contribution in [0.2, 0.25) is 0 Å². The van der Waals surface area contributed by atoms with Crippen LogP contribution in [0.15, 0.2) is 0 Å². The molecule has 4 heteroatoms. The van der Waals surface area contributed by atoms with Gasteiger partial charge in [-0.25, -0.2) is 0 Å². The van der Waals surface area contributed by atoms with Gasteiger partial charge < -0.3 is 14.8 Å². The number of nitrogens with one attached hydrogen (secondary N) is 1. The van der Waals surface area contributed by atoms with Gasteiger partial charge in [0.05, 0.1) is 13.2 Å². The Balaban J connectivity index is 2.30. The highest BCUT2D eigenvalue weighted by Crippen LogP contribution is 2.31. The first-order valence-electron chi connectivity index (χ1n) is 7.26. The maximum atomic E-state index is 5.21. The second kappa shape index (κ2) is 9.73. The van der Waals surface area contributed by atoms with E-state index in [2.05, 4.69) is 17.1 Å². The molecule has 108 valence electrons. The molecule has 1 N–H and O–H groups in total. The van der Waals surface area contributed by atoms with Gasteiger partial charge in [-0.3, -0.25) is 4.90 Å². The summed E-state index contributed by atoms with van der Waals surface area (Å²) < 4.78 is 10.4. The van der Waals surface area contributed by atoms with Gasteiger partial charge in [0.25, 0.3) is 0 Å². The molecule has 2 unspecified atom stereocenters. The minimum atomic E-state index is 0.722. The van der Waals surface area contributed by atoms with Gasteiger partial charge in [0.1, 0.15) is 0 Å². The summed E-state index contributed by atoms with van der Waals surface area (Å²) in [7, 11) is 3.55. The molecule has 1 fully saturated rings. The molecule has 1 aliphatic rings. The molecule has 4 nitrogen and oxygen atoms in total. The molecule has 1 saturated carbocycles. The maximum absolute atomic E-state index is 5.21. The first kappa shape index (κ1) is 15.9. The van der Waals surface area contributed by atoms with Crippen LogP contribution in [0.1, 0.15) is 26.2 Å². The zero-order valence-corrected chi connectivity index (χ0v) is 12.3. The second-order valence-corrected chi connectivity index (χ2v) is 5.13. The van der Waals surface area contributed by atoms with E-state index in [1.165, 1.54) is 19.3 Å². The smallest absolute Gasteiger partial charge is 0.0589 e. The summed E-state index contributed by atoms with van der Waals surface area (Å²) in [6.45, 7) is 8.19. The molecular weight excluding hydrogens is 228 g/mol. The summed E-state index contributed by atoms with van der Waals surface area (Å²) >= 11 is 0. The van der Waals surface area contributed by atoms with Crippen molar-refractivity contribution in [2.45, 2.75) is 32.2 Å². The van der Waals surface area contributed by atoms with E-state index in [0.717, 1.165) is 51.4 Å². The highest BCUT2D eigenvalue weighted by molar-refractivity contribution is 4.90. The van der Waals surface area contributed by atoms with Gasteiger partial charge in [-0.1, -0.05) is 6.92 Å². The quantitative estimate of drug-likeness (QED) is 0.567. The van der Waals surface area contributed by atoms with Gasteiger partial charge in [0.15, 0.2) is 0 Å². The van der Waals surface area contributed by atoms with E-state index in [1.54, 1.807) is 14.2 Å². The molecule has 0 aromatic carbocycles. The lowest BCUT2D eigenvalue weighted by Gasteiger charge is -2.44. The van der Waals surface area contributed by atoms with E-state index in [-0.39, 0.29) is 0 Å². The summed E-state index contributed by atoms with van der Waals surface area (Å²) in [6.07, 6.45) is 3.90. The fourth-order valence-electron chi connectivity index (χ4n) is 2.60. The Kier molecular flexibility index (Phi) is 8.59. The van der Waals surface area contributed by atoms with Crippen LogP contribution in [0.3, 0.4) is 0 Å². The Morgan fingerprint density at radius 3 is 2.22 bits per heavy atom. The van der Waals surface area contributed by atoms with Crippen LogP contribution in [0.4, 0.5) is 0 Å². The van der Waals surface area contributed by atoms with Crippen molar-refractivity contribution in [1.29, 1.82) is 0 Å². The summed E-state index contributed by atoms with van der Waals surface area (Å²) in [6, 6.07) is 0.722. The first-order chi connectivity index (χ1) is 8.83. The number of rotatable bonds is 11. The standard InChI is InChI=1S/C14H30N2O2/c1-4-7-15-12-13-5-6-14(13)16(8-10-17-2)9-11-18-3/h13-15H,4-12H2,1-3H3. The number of hydrogen-bond donors (Lipinski definition) is 1. The van der Waals surface area contributed by atoms with E-state index in [1.807, 2.05) is 0 Å². The predicted octanol–water partition coefficient (Wildman–Crippen LogP) is 1.36. The number of methoxy groups -OCH3 is 2. The van der Waals surface area contributed by atoms with Crippen molar-refractivity contribution in [2.24, 2.45) is 5.92 Å². The predicted molar refractivity (Wildman–Crippen MR) is 75.0 cm³/mol. The molecule has 0 amide bonds. The molecule has 1 aliphatic carbocycles. The molecule has 0 saturated heterocycles. The van der Waals surface area contributed by atoms with Crippen molar-refractivity contribution in [2.75, 3.05) is 53.6 Å². The van der Waals surface area contributed by atoms with Gasteiger partial charge in [0.2, 0.25) is 0 Å². The van der Waals surface area contributed by atoms with Crippen molar-refractivity contribution in [1.82, 2.24) is 10.2 Å². The van der Waals surface area contributed by atoms with Crippen LogP contribution in [0, 0.1) is 5.92 Å². The van der Waals surface area contributed by atoms with Crippen molar-refractivity contribution in [3.05, 3.63) is 0 Å². The van der Waals surface area contributed by atoms with Crippen molar-refractivity contribution < 1.29 is 9.47 Å². The highest BCUT2D eigenvalue weighted by atomic mass is 16.5. The third kappa shape index (κ3) is 5.22. The number of ether oxygens (including phenoxy) is 2. The average molecular weight is 258 g/mol. The van der Waals surface area contributed by atoms with Crippen LogP contribution in [-0.2, 0) is 9.47 Å². The summed E-state index contributed by atoms with van der Waals surface area (Å²) in [5.74, 6) is 0.810. The van der Waals surface area contributed by atoms with Crippen molar-refractivity contribution in [3.63, 3.8) is 0 Å². The molecule has 0 spiro atoms. The lowest BCUT2D eigenvalue weighted by molar-refractivity contribution is 0.0229. The first-order valence-corrected chi connectivity index (χ1v) is 7.26. The number of hydrogen-bond acceptors (Lipinski definition) is 4. The molecule has 0 heterocycles. The average Bonchev–Trinajstić information content (AvgIpc) is 2.36. The Morgan fingerprint density at radius 2 is 1.78 bits per heavy atom. The molecule has 0 aliphatic heterocycles. The fraction of sp³-hybridized carbons (Fsp3) is 1.00. The molecule has 1 rings (SSSR count). The van der Waals surface area contributed by atoms with E-state index >= 15 is 0 Å². The number of nitrogens with zero attached hydrogens (tertiary/aromatic N) is 1. The minimum absolute atomic E-state index is 0.722. The van der Waals surface area contributed by atoms with E-state index < -0.39 is 0 Å². The molecule has 2 atom stereocenters. The molecule has 0 aromatic rings. The summed E-state index contributed by atoms with van der Waals surface area (Å²) in [4.78, 5) is 2.54. The van der Waals surface area contributed by atoms with Gasteiger partial charge in [-0.05, 0) is 38.3 Å². The minimum Gasteiger partial charge on any atom is -0.383 e. The Bertz CT molecular complexity index is 194. The van der Waals surface area contributed by atoms with Crippen LogP contribution in [0.5, 0.6) is 0 Å². The molecular formula is C14H30N2O2. The Labute approximate surface area is 112 Å². The lowest BCUT2D eigenvalue weighted by Crippen LogP contribution is -2.52. The summed E-state index contributed by atoms with van der Waals surface area (Å²) in [5, 5.41) is 3.54. The van der Waals surface area contributed by atoms with Crippen LogP contribution in [-0.4, -0.2) is 64.6 Å². The Morgan fingerprint density at radius 1 is 1.11 bits per heavy atom.